The van der Waals surface area contributed by atoms with Crippen molar-refractivity contribution in [3.05, 3.63) is 59.7 Å². The molecule has 144 valence electrons. The third kappa shape index (κ3) is 5.50. The molecule has 0 saturated carbocycles. The van der Waals surface area contributed by atoms with E-state index in [0.717, 1.165) is 23.7 Å². The Kier molecular flexibility index (Phi) is 7.18. The van der Waals surface area contributed by atoms with Crippen LogP contribution in [0.2, 0.25) is 0 Å². The molecular formula is C22H28N2O2S. The van der Waals surface area contributed by atoms with Gasteiger partial charge in [-0.05, 0) is 62.2 Å². The molecule has 1 atom stereocenters. The maximum Gasteiger partial charge on any atom is 0.230 e. The van der Waals surface area contributed by atoms with Gasteiger partial charge in [0.05, 0.1) is 18.9 Å². The third-order valence-electron chi connectivity index (χ3n) is 5.00. The molecule has 1 saturated heterocycles. The molecule has 0 aromatic heterocycles. The first kappa shape index (κ1) is 19.8. The van der Waals surface area contributed by atoms with Gasteiger partial charge in [-0.15, -0.1) is 11.8 Å². The molecule has 0 radical (unpaired) electrons. The number of benzene rings is 2. The molecule has 0 spiro atoms. The van der Waals surface area contributed by atoms with Crippen LogP contribution in [0.3, 0.4) is 0 Å². The number of hydrogen-bond acceptors (Lipinski definition) is 4. The molecular weight excluding hydrogens is 356 g/mol. The van der Waals surface area contributed by atoms with E-state index in [1.165, 1.54) is 24.0 Å². The number of methoxy groups -OCH3 is 1. The second kappa shape index (κ2) is 9.81. The van der Waals surface area contributed by atoms with Gasteiger partial charge in [-0.2, -0.15) is 0 Å². The molecule has 1 aliphatic rings. The number of likely N-dealkylation sites (tertiary alicyclic amines) is 1. The quantitative estimate of drug-likeness (QED) is 0.697. The molecule has 1 amide bonds. The second-order valence-corrected chi connectivity index (χ2v) is 7.91. The number of amides is 1. The van der Waals surface area contributed by atoms with Crippen LogP contribution in [-0.4, -0.2) is 43.3 Å². The average Bonchev–Trinajstić information content (AvgIpc) is 3.22. The van der Waals surface area contributed by atoms with Gasteiger partial charge >= 0.3 is 0 Å². The van der Waals surface area contributed by atoms with Crippen LogP contribution in [0.15, 0.2) is 53.4 Å². The summed E-state index contributed by atoms with van der Waals surface area (Å²) >= 11 is 1.60. The zero-order valence-electron chi connectivity index (χ0n) is 16.1. The van der Waals surface area contributed by atoms with Crippen LogP contribution in [0, 0.1) is 6.92 Å². The Bertz CT molecular complexity index is 759. The average molecular weight is 385 g/mol. The molecule has 2 aromatic carbocycles. The largest absolute Gasteiger partial charge is 0.497 e. The van der Waals surface area contributed by atoms with Crippen LogP contribution >= 0.6 is 11.8 Å². The molecule has 1 unspecified atom stereocenters. The minimum atomic E-state index is 0.0790. The highest BCUT2D eigenvalue weighted by Gasteiger charge is 2.24. The Balaban J connectivity index is 1.60. The van der Waals surface area contributed by atoms with Crippen molar-refractivity contribution in [2.45, 2.75) is 30.7 Å². The lowest BCUT2D eigenvalue weighted by Gasteiger charge is -2.28. The predicted octanol–water partition coefficient (Wildman–Crippen LogP) is 4.05. The summed E-state index contributed by atoms with van der Waals surface area (Å²) in [6.45, 7) is 4.86. The summed E-state index contributed by atoms with van der Waals surface area (Å²) in [4.78, 5) is 16.1. The molecule has 3 rings (SSSR count). The molecule has 27 heavy (non-hydrogen) atoms. The molecule has 2 aromatic rings. The van der Waals surface area contributed by atoms with Gasteiger partial charge in [0, 0.05) is 11.4 Å². The number of aryl methyl sites for hydroxylation is 1. The SMILES string of the molecule is COc1cccc(C(CNC(=O)CSc2ccccc2C)N2CCCC2)c1. The van der Waals surface area contributed by atoms with Gasteiger partial charge in [-0.25, -0.2) is 0 Å². The number of hydrogen-bond donors (Lipinski definition) is 1. The number of ether oxygens (including phenoxy) is 1. The van der Waals surface area contributed by atoms with Crippen molar-refractivity contribution in [3.8, 4) is 5.75 Å². The van der Waals surface area contributed by atoms with E-state index >= 15 is 0 Å². The number of rotatable bonds is 8. The Labute approximate surface area is 166 Å². The molecule has 4 nitrogen and oxygen atoms in total. The lowest BCUT2D eigenvalue weighted by Crippen LogP contribution is -2.37. The zero-order valence-corrected chi connectivity index (χ0v) is 16.9. The zero-order chi connectivity index (χ0) is 19.1. The molecule has 1 aliphatic heterocycles. The highest BCUT2D eigenvalue weighted by atomic mass is 32.2. The van der Waals surface area contributed by atoms with Crippen LogP contribution in [0.4, 0.5) is 0 Å². The van der Waals surface area contributed by atoms with E-state index in [1.54, 1.807) is 18.9 Å². The van der Waals surface area contributed by atoms with Gasteiger partial charge in [0.2, 0.25) is 5.91 Å². The summed E-state index contributed by atoms with van der Waals surface area (Å²) in [6, 6.07) is 16.6. The fourth-order valence-electron chi connectivity index (χ4n) is 3.48. The van der Waals surface area contributed by atoms with Crippen molar-refractivity contribution >= 4 is 17.7 Å². The van der Waals surface area contributed by atoms with Crippen molar-refractivity contribution < 1.29 is 9.53 Å². The highest BCUT2D eigenvalue weighted by molar-refractivity contribution is 8.00. The fraction of sp³-hybridized carbons (Fsp3) is 0.409. The number of nitrogens with zero attached hydrogens (tertiary/aromatic N) is 1. The summed E-state index contributed by atoms with van der Waals surface area (Å²) in [5, 5.41) is 3.14. The van der Waals surface area contributed by atoms with Gasteiger partial charge in [-0.3, -0.25) is 9.69 Å². The summed E-state index contributed by atoms with van der Waals surface area (Å²) in [5.74, 6) is 1.38. The summed E-state index contributed by atoms with van der Waals surface area (Å²) in [5.41, 5.74) is 2.41. The van der Waals surface area contributed by atoms with Crippen molar-refractivity contribution in [2.75, 3.05) is 32.5 Å². The number of carbonyl (C=O) groups excluding carboxylic acids is 1. The Morgan fingerprint density at radius 3 is 2.70 bits per heavy atom. The molecule has 5 heteroatoms. The summed E-state index contributed by atoms with van der Waals surface area (Å²) < 4.78 is 5.38. The number of thioether (sulfide) groups is 1. The highest BCUT2D eigenvalue weighted by Crippen LogP contribution is 2.27. The minimum absolute atomic E-state index is 0.0790. The first-order chi connectivity index (χ1) is 13.2. The van der Waals surface area contributed by atoms with Gasteiger partial charge < -0.3 is 10.1 Å². The van der Waals surface area contributed by atoms with E-state index in [1.807, 2.05) is 24.3 Å². The predicted molar refractivity (Wildman–Crippen MR) is 111 cm³/mol. The van der Waals surface area contributed by atoms with Crippen molar-refractivity contribution in [1.82, 2.24) is 10.2 Å². The van der Waals surface area contributed by atoms with Crippen molar-refractivity contribution in [2.24, 2.45) is 0 Å². The van der Waals surface area contributed by atoms with E-state index in [0.29, 0.717) is 12.3 Å². The molecule has 0 aliphatic carbocycles. The molecule has 1 N–H and O–H groups in total. The topological polar surface area (TPSA) is 41.6 Å². The summed E-state index contributed by atoms with van der Waals surface area (Å²) in [6.07, 6.45) is 2.44. The minimum Gasteiger partial charge on any atom is -0.497 e. The van der Waals surface area contributed by atoms with Gasteiger partial charge in [-0.1, -0.05) is 30.3 Å². The first-order valence-electron chi connectivity index (χ1n) is 9.50. The van der Waals surface area contributed by atoms with E-state index in [4.69, 9.17) is 4.74 Å². The molecule has 0 bridgehead atoms. The van der Waals surface area contributed by atoms with E-state index in [9.17, 15) is 4.79 Å². The van der Waals surface area contributed by atoms with Gasteiger partial charge in [0.15, 0.2) is 0 Å². The van der Waals surface area contributed by atoms with E-state index in [-0.39, 0.29) is 11.9 Å². The van der Waals surface area contributed by atoms with Crippen LogP contribution in [0.1, 0.15) is 30.0 Å². The van der Waals surface area contributed by atoms with Gasteiger partial charge in [0.1, 0.15) is 5.75 Å². The maximum absolute atomic E-state index is 12.4. The summed E-state index contributed by atoms with van der Waals surface area (Å²) in [7, 11) is 1.69. The Morgan fingerprint density at radius 2 is 1.96 bits per heavy atom. The standard InChI is InChI=1S/C22H28N2O2S/c1-17-8-3-4-11-21(17)27-16-22(25)23-15-20(24-12-5-6-13-24)18-9-7-10-19(14-18)26-2/h3-4,7-11,14,20H,5-6,12-13,15-16H2,1-2H3,(H,23,25). The molecule has 1 heterocycles. The Morgan fingerprint density at radius 1 is 1.19 bits per heavy atom. The first-order valence-corrected chi connectivity index (χ1v) is 10.5. The van der Waals surface area contributed by atoms with Crippen LogP contribution in [-0.2, 0) is 4.79 Å². The normalized spacial score (nSPS) is 15.5. The lowest BCUT2D eigenvalue weighted by molar-refractivity contribution is -0.118. The lowest BCUT2D eigenvalue weighted by atomic mass is 10.0. The monoisotopic (exact) mass is 384 g/mol. The van der Waals surface area contributed by atoms with Crippen LogP contribution < -0.4 is 10.1 Å². The van der Waals surface area contributed by atoms with Crippen molar-refractivity contribution in [3.63, 3.8) is 0 Å². The third-order valence-corrected chi connectivity index (χ3v) is 6.18. The van der Waals surface area contributed by atoms with Crippen LogP contribution in [0.5, 0.6) is 5.75 Å². The smallest absolute Gasteiger partial charge is 0.230 e. The van der Waals surface area contributed by atoms with E-state index in [2.05, 4.69) is 41.4 Å². The number of carbonyl (C=O) groups is 1. The number of nitrogens with one attached hydrogen (secondary N) is 1. The van der Waals surface area contributed by atoms with Crippen molar-refractivity contribution in [1.29, 1.82) is 0 Å². The van der Waals surface area contributed by atoms with Crippen LogP contribution in [0.25, 0.3) is 0 Å². The maximum atomic E-state index is 12.4. The van der Waals surface area contributed by atoms with Gasteiger partial charge in [0.25, 0.3) is 0 Å². The molecule has 1 fully saturated rings. The van der Waals surface area contributed by atoms with E-state index < -0.39 is 0 Å². The second-order valence-electron chi connectivity index (χ2n) is 6.89. The fourth-order valence-corrected chi connectivity index (χ4v) is 4.34. The Hall–Kier alpha value is -1.98.